The van der Waals surface area contributed by atoms with E-state index in [1.54, 1.807) is 6.07 Å². The topological polar surface area (TPSA) is 81.1 Å². The van der Waals surface area contributed by atoms with Crippen LogP contribution in [0.4, 0.5) is 11.4 Å². The van der Waals surface area contributed by atoms with Gasteiger partial charge in [-0.1, -0.05) is 18.2 Å². The van der Waals surface area contributed by atoms with Gasteiger partial charge in [0.25, 0.3) is 0 Å². The van der Waals surface area contributed by atoms with Crippen LogP contribution in [0.15, 0.2) is 24.3 Å². The maximum Gasteiger partial charge on any atom is 0.224 e. The van der Waals surface area contributed by atoms with E-state index in [2.05, 4.69) is 5.32 Å². The van der Waals surface area contributed by atoms with Crippen LogP contribution in [0, 0.1) is 17.8 Å². The first-order chi connectivity index (χ1) is 11.5. The maximum absolute atomic E-state index is 12.4. The van der Waals surface area contributed by atoms with Crippen molar-refractivity contribution >= 4 is 23.4 Å². The number of nitrogens with one attached hydrogen (secondary N) is 1. The summed E-state index contributed by atoms with van der Waals surface area (Å²) in [6, 6.07) is 5.55. The molecule has 4 nitrogen and oxygen atoms in total. The molecule has 4 saturated carbocycles. The normalized spacial score (nSPS) is 33.9. The molecule has 4 bridgehead atoms. The van der Waals surface area contributed by atoms with Gasteiger partial charge in [0.1, 0.15) is 0 Å². The molecular formula is C20H27N3O. The minimum Gasteiger partial charge on any atom is -0.397 e. The number of hydrogen-bond acceptors (Lipinski definition) is 3. The molecule has 0 heterocycles. The van der Waals surface area contributed by atoms with Gasteiger partial charge in [0.2, 0.25) is 5.91 Å². The van der Waals surface area contributed by atoms with Crippen LogP contribution in [0.3, 0.4) is 0 Å². The Morgan fingerprint density at radius 2 is 1.71 bits per heavy atom. The molecule has 0 unspecified atom stereocenters. The first kappa shape index (κ1) is 15.6. The molecule has 0 aromatic heterocycles. The molecule has 4 aliphatic rings. The second-order valence-electron chi connectivity index (χ2n) is 8.24. The monoisotopic (exact) mass is 325 g/mol. The van der Waals surface area contributed by atoms with Crippen molar-refractivity contribution in [2.45, 2.75) is 50.5 Å². The predicted octanol–water partition coefficient (Wildman–Crippen LogP) is 3.34. The summed E-state index contributed by atoms with van der Waals surface area (Å²) in [5.41, 5.74) is 13.8. The Morgan fingerprint density at radius 3 is 2.29 bits per heavy atom. The number of rotatable bonds is 4. The Balaban J connectivity index is 1.35. The summed E-state index contributed by atoms with van der Waals surface area (Å²) in [4.78, 5) is 12.4. The van der Waals surface area contributed by atoms with E-state index in [9.17, 15) is 4.79 Å². The lowest BCUT2D eigenvalue weighted by Gasteiger charge is -2.56. The molecule has 1 aromatic carbocycles. The van der Waals surface area contributed by atoms with Gasteiger partial charge in [-0.3, -0.25) is 4.79 Å². The van der Waals surface area contributed by atoms with Crippen molar-refractivity contribution in [1.82, 2.24) is 5.32 Å². The minimum atomic E-state index is 0.102. The van der Waals surface area contributed by atoms with E-state index in [0.29, 0.717) is 17.8 Å². The molecule has 5 rings (SSSR count). The van der Waals surface area contributed by atoms with Crippen LogP contribution in [-0.2, 0) is 4.79 Å². The average Bonchev–Trinajstić information content (AvgIpc) is 2.49. The zero-order valence-corrected chi connectivity index (χ0v) is 14.1. The summed E-state index contributed by atoms with van der Waals surface area (Å²) in [6.45, 7) is 0. The predicted molar refractivity (Wildman–Crippen MR) is 98.0 cm³/mol. The number of carbonyl (C=O) groups excluding carboxylic acids is 1. The number of amides is 1. The van der Waals surface area contributed by atoms with E-state index in [1.807, 2.05) is 24.3 Å². The third-order valence-electron chi connectivity index (χ3n) is 6.17. The molecule has 0 spiro atoms. The van der Waals surface area contributed by atoms with E-state index in [4.69, 9.17) is 11.5 Å². The Labute approximate surface area is 143 Å². The quantitative estimate of drug-likeness (QED) is 0.743. The van der Waals surface area contributed by atoms with Crippen LogP contribution in [-0.4, -0.2) is 11.4 Å². The highest BCUT2D eigenvalue weighted by molar-refractivity contribution is 5.79. The van der Waals surface area contributed by atoms with Crippen LogP contribution in [0.1, 0.15) is 50.5 Å². The fourth-order valence-electron chi connectivity index (χ4n) is 5.61. The van der Waals surface area contributed by atoms with Crippen molar-refractivity contribution in [1.29, 1.82) is 0 Å². The minimum absolute atomic E-state index is 0.102. The smallest absolute Gasteiger partial charge is 0.224 e. The zero-order chi connectivity index (χ0) is 16.7. The Morgan fingerprint density at radius 1 is 1.08 bits per heavy atom. The Hall–Kier alpha value is -1.97. The molecule has 4 aliphatic carbocycles. The highest BCUT2D eigenvalue weighted by atomic mass is 16.1. The van der Waals surface area contributed by atoms with E-state index in [-0.39, 0.29) is 11.4 Å². The number of anilines is 2. The summed E-state index contributed by atoms with van der Waals surface area (Å²) >= 11 is 0. The summed E-state index contributed by atoms with van der Waals surface area (Å²) < 4.78 is 0. The van der Waals surface area contributed by atoms with Crippen LogP contribution in [0.2, 0.25) is 0 Å². The van der Waals surface area contributed by atoms with Gasteiger partial charge in [-0.15, -0.1) is 0 Å². The van der Waals surface area contributed by atoms with Gasteiger partial charge in [0, 0.05) is 12.0 Å². The Kier molecular flexibility index (Phi) is 3.78. The van der Waals surface area contributed by atoms with Crippen molar-refractivity contribution in [2.24, 2.45) is 17.8 Å². The van der Waals surface area contributed by atoms with Crippen LogP contribution in [0.25, 0.3) is 6.08 Å². The van der Waals surface area contributed by atoms with Gasteiger partial charge in [-0.2, -0.15) is 0 Å². The van der Waals surface area contributed by atoms with E-state index >= 15 is 0 Å². The molecule has 24 heavy (non-hydrogen) atoms. The molecule has 0 radical (unpaired) electrons. The lowest BCUT2D eigenvalue weighted by atomic mass is 9.53. The fraction of sp³-hybridized carbons (Fsp3) is 0.550. The third-order valence-corrected chi connectivity index (χ3v) is 6.17. The summed E-state index contributed by atoms with van der Waals surface area (Å²) in [7, 11) is 0. The highest BCUT2D eigenvalue weighted by Crippen LogP contribution is 2.55. The fourth-order valence-corrected chi connectivity index (χ4v) is 5.61. The van der Waals surface area contributed by atoms with Gasteiger partial charge >= 0.3 is 0 Å². The standard InChI is InChI=1S/C20H27N3O/c21-17-5-4-13(9-18(17)22)2-1-3-19(24)23-20-10-14-6-15(11-20)8-16(7-14)12-20/h1-2,4-5,9,14-16H,3,6-8,10-12,21-22H2,(H,23,24)/b2-1+. The first-order valence-corrected chi connectivity index (χ1v) is 9.14. The molecule has 5 N–H and O–H groups in total. The van der Waals surface area contributed by atoms with E-state index in [0.717, 1.165) is 23.3 Å². The number of nitrogen functional groups attached to an aromatic ring is 2. The van der Waals surface area contributed by atoms with Crippen molar-refractivity contribution in [3.63, 3.8) is 0 Å². The van der Waals surface area contributed by atoms with Crippen molar-refractivity contribution in [3.8, 4) is 0 Å². The summed E-state index contributed by atoms with van der Waals surface area (Å²) in [6.07, 6.45) is 12.1. The van der Waals surface area contributed by atoms with Gasteiger partial charge in [-0.25, -0.2) is 0 Å². The second-order valence-corrected chi connectivity index (χ2v) is 8.24. The SMILES string of the molecule is Nc1ccc(/C=C/CC(=O)NC23CC4CC(CC(C4)C2)C3)cc1N. The number of nitrogens with two attached hydrogens (primary N) is 2. The van der Waals surface area contributed by atoms with Crippen LogP contribution >= 0.6 is 0 Å². The molecule has 4 heteroatoms. The number of carbonyl (C=O) groups is 1. The second kappa shape index (κ2) is 5.83. The van der Waals surface area contributed by atoms with E-state index < -0.39 is 0 Å². The zero-order valence-electron chi connectivity index (χ0n) is 14.1. The first-order valence-electron chi connectivity index (χ1n) is 9.14. The van der Waals surface area contributed by atoms with Gasteiger partial charge < -0.3 is 16.8 Å². The number of benzene rings is 1. The lowest BCUT2D eigenvalue weighted by molar-refractivity contribution is -0.126. The molecule has 1 amide bonds. The summed E-state index contributed by atoms with van der Waals surface area (Å²) in [5, 5.41) is 3.40. The van der Waals surface area contributed by atoms with Crippen LogP contribution < -0.4 is 16.8 Å². The van der Waals surface area contributed by atoms with Crippen molar-refractivity contribution in [2.75, 3.05) is 11.5 Å². The lowest BCUT2D eigenvalue weighted by Crippen LogP contribution is -2.59. The average molecular weight is 325 g/mol. The van der Waals surface area contributed by atoms with Crippen molar-refractivity contribution in [3.05, 3.63) is 29.8 Å². The third kappa shape index (κ3) is 3.02. The molecule has 0 aliphatic heterocycles. The highest BCUT2D eigenvalue weighted by Gasteiger charge is 2.51. The molecular weight excluding hydrogens is 298 g/mol. The maximum atomic E-state index is 12.4. The van der Waals surface area contributed by atoms with Gasteiger partial charge in [0.15, 0.2) is 0 Å². The molecule has 0 atom stereocenters. The largest absolute Gasteiger partial charge is 0.397 e. The van der Waals surface area contributed by atoms with Crippen LogP contribution in [0.5, 0.6) is 0 Å². The number of hydrogen-bond donors (Lipinski definition) is 3. The van der Waals surface area contributed by atoms with Crippen molar-refractivity contribution < 1.29 is 4.79 Å². The van der Waals surface area contributed by atoms with E-state index in [1.165, 1.54) is 38.5 Å². The molecule has 0 saturated heterocycles. The molecule has 4 fully saturated rings. The van der Waals surface area contributed by atoms with Gasteiger partial charge in [0.05, 0.1) is 11.4 Å². The molecule has 1 aromatic rings. The molecule has 128 valence electrons. The van der Waals surface area contributed by atoms with Gasteiger partial charge in [-0.05, 0) is 74.0 Å². The summed E-state index contributed by atoms with van der Waals surface area (Å²) in [5.74, 6) is 2.70. The Bertz CT molecular complexity index is 644.